The highest BCUT2D eigenvalue weighted by atomic mass is 35.5. The van der Waals surface area contributed by atoms with Crippen molar-refractivity contribution in [3.05, 3.63) is 29.0 Å². The molecule has 0 spiro atoms. The van der Waals surface area contributed by atoms with Crippen LogP contribution in [-0.4, -0.2) is 11.3 Å². The average Bonchev–Trinajstić information content (AvgIpc) is 2.09. The van der Waals surface area contributed by atoms with E-state index in [2.05, 4.69) is 16.8 Å². The highest BCUT2D eigenvalue weighted by Gasteiger charge is 1.92. The monoisotopic (exact) mass is 179 g/mol. The van der Waals surface area contributed by atoms with Gasteiger partial charge >= 0.3 is 0 Å². The smallest absolute Gasteiger partial charge is 0.131 e. The fourth-order valence-electron chi connectivity index (χ4n) is 0.657. The number of rotatable bonds is 1. The first-order chi connectivity index (χ1) is 5.84. The zero-order valence-electron chi connectivity index (χ0n) is 6.25. The summed E-state index contributed by atoms with van der Waals surface area (Å²) >= 11 is 5.77. The minimum absolute atomic E-state index is 0.227. The molecule has 0 N–H and O–H groups in total. The van der Waals surface area contributed by atoms with E-state index in [9.17, 15) is 4.79 Å². The van der Waals surface area contributed by atoms with Gasteiger partial charge in [-0.1, -0.05) is 23.4 Å². The van der Waals surface area contributed by atoms with Crippen LogP contribution in [0.25, 0.3) is 0 Å². The van der Waals surface area contributed by atoms with Gasteiger partial charge in [-0.15, -0.1) is 0 Å². The van der Waals surface area contributed by atoms with Gasteiger partial charge in [-0.2, -0.15) is 0 Å². The first-order valence-corrected chi connectivity index (χ1v) is 3.74. The van der Waals surface area contributed by atoms with Gasteiger partial charge in [0.15, 0.2) is 0 Å². The lowest BCUT2D eigenvalue weighted by atomic mass is 10.3. The van der Waals surface area contributed by atoms with E-state index in [1.807, 2.05) is 0 Å². The number of aromatic nitrogens is 1. The second-order valence-electron chi connectivity index (χ2n) is 2.03. The normalized spacial score (nSPS) is 8.42. The van der Waals surface area contributed by atoms with Crippen LogP contribution in [0.5, 0.6) is 0 Å². The summed E-state index contributed by atoms with van der Waals surface area (Å²) in [7, 11) is 0. The van der Waals surface area contributed by atoms with Crippen LogP contribution in [0.4, 0.5) is 0 Å². The summed E-state index contributed by atoms with van der Waals surface area (Å²) in [5.41, 5.74) is 0.654. The number of carbonyl (C=O) groups excluding carboxylic acids is 1. The van der Waals surface area contributed by atoms with Gasteiger partial charge in [0.05, 0.1) is 17.0 Å². The number of halogens is 1. The van der Waals surface area contributed by atoms with Crippen molar-refractivity contribution in [1.82, 2.24) is 4.98 Å². The van der Waals surface area contributed by atoms with Crippen LogP contribution in [0.2, 0.25) is 5.02 Å². The maximum absolute atomic E-state index is 9.93. The molecule has 1 heterocycles. The molecule has 0 radical (unpaired) electrons. The minimum atomic E-state index is 0.227. The number of hydrogen-bond acceptors (Lipinski definition) is 2. The van der Waals surface area contributed by atoms with Crippen LogP contribution in [0.3, 0.4) is 0 Å². The molecule has 0 fully saturated rings. The zero-order valence-corrected chi connectivity index (χ0v) is 7.01. The Balaban J connectivity index is 2.84. The topological polar surface area (TPSA) is 30.0 Å². The summed E-state index contributed by atoms with van der Waals surface area (Å²) in [6.45, 7) is 0. The predicted octanol–water partition coefficient (Wildman–Crippen LogP) is 1.68. The third kappa shape index (κ3) is 2.37. The van der Waals surface area contributed by atoms with Crippen LogP contribution in [0.15, 0.2) is 18.5 Å². The summed E-state index contributed by atoms with van der Waals surface area (Å²) in [6, 6.07) is 1.66. The van der Waals surface area contributed by atoms with E-state index < -0.39 is 0 Å². The van der Waals surface area contributed by atoms with E-state index in [1.165, 1.54) is 0 Å². The molecule has 1 aromatic heterocycles. The molecule has 60 valence electrons. The second-order valence-corrected chi connectivity index (χ2v) is 2.44. The fraction of sp³-hybridized carbons (Fsp3) is 0.111. The third-order valence-corrected chi connectivity index (χ3v) is 1.51. The molecule has 12 heavy (non-hydrogen) atoms. The number of hydrogen-bond donors (Lipinski definition) is 0. The maximum Gasteiger partial charge on any atom is 0.131 e. The number of pyridine rings is 1. The summed E-state index contributed by atoms with van der Waals surface area (Å²) in [5, 5.41) is 0.559. The van der Waals surface area contributed by atoms with Gasteiger partial charge in [-0.3, -0.25) is 4.98 Å². The summed E-state index contributed by atoms with van der Waals surface area (Å²) in [4.78, 5) is 13.8. The first-order valence-electron chi connectivity index (χ1n) is 3.36. The number of carbonyl (C=O) groups is 1. The highest BCUT2D eigenvalue weighted by Crippen LogP contribution is 2.11. The molecular formula is C9H6ClNO. The first kappa shape index (κ1) is 8.76. The molecule has 0 aliphatic rings. The largest absolute Gasteiger partial charge is 0.302 e. The molecule has 1 aromatic rings. The van der Waals surface area contributed by atoms with Crippen molar-refractivity contribution in [2.45, 2.75) is 6.42 Å². The Morgan fingerprint density at radius 1 is 1.67 bits per heavy atom. The van der Waals surface area contributed by atoms with Crippen molar-refractivity contribution in [2.24, 2.45) is 0 Å². The van der Waals surface area contributed by atoms with E-state index in [-0.39, 0.29) is 6.42 Å². The van der Waals surface area contributed by atoms with E-state index in [0.717, 1.165) is 6.29 Å². The quantitative estimate of drug-likeness (QED) is 0.485. The highest BCUT2D eigenvalue weighted by molar-refractivity contribution is 6.31. The molecule has 0 saturated carbocycles. The van der Waals surface area contributed by atoms with Gasteiger partial charge in [-0.25, -0.2) is 0 Å². The van der Waals surface area contributed by atoms with Crippen LogP contribution in [0, 0.1) is 11.8 Å². The van der Waals surface area contributed by atoms with Crippen molar-refractivity contribution >= 4 is 17.9 Å². The van der Waals surface area contributed by atoms with Gasteiger partial charge in [0.1, 0.15) is 6.29 Å². The Morgan fingerprint density at radius 3 is 3.17 bits per heavy atom. The third-order valence-electron chi connectivity index (χ3n) is 1.18. The van der Waals surface area contributed by atoms with Gasteiger partial charge in [0.25, 0.3) is 0 Å². The molecule has 3 heteroatoms. The second kappa shape index (κ2) is 4.53. The maximum atomic E-state index is 9.93. The lowest BCUT2D eigenvalue weighted by Gasteiger charge is -1.90. The average molecular weight is 180 g/mol. The minimum Gasteiger partial charge on any atom is -0.302 e. The summed E-state index contributed by atoms with van der Waals surface area (Å²) in [5.74, 6) is 5.39. The molecule has 0 aliphatic carbocycles. The molecule has 0 bridgehead atoms. The van der Waals surface area contributed by atoms with E-state index in [4.69, 9.17) is 11.6 Å². The number of aldehydes is 1. The Bertz CT molecular complexity index is 338. The standard InChI is InChI=1S/C9H6ClNO/c10-9-4-5-11-7-8(9)3-1-2-6-12/h4-7H,2H2. The molecule has 0 aliphatic heterocycles. The Morgan fingerprint density at radius 2 is 2.50 bits per heavy atom. The molecule has 0 saturated heterocycles. The van der Waals surface area contributed by atoms with Crippen molar-refractivity contribution < 1.29 is 4.79 Å². The Kier molecular flexibility index (Phi) is 3.31. The molecule has 0 unspecified atom stereocenters. The van der Waals surface area contributed by atoms with Gasteiger partial charge in [0, 0.05) is 12.4 Å². The summed E-state index contributed by atoms with van der Waals surface area (Å²) in [6.07, 6.45) is 4.13. The van der Waals surface area contributed by atoms with Crippen molar-refractivity contribution in [2.75, 3.05) is 0 Å². The van der Waals surface area contributed by atoms with Gasteiger partial charge < -0.3 is 4.79 Å². The number of nitrogens with zero attached hydrogens (tertiary/aromatic N) is 1. The van der Waals surface area contributed by atoms with Gasteiger partial charge in [0.2, 0.25) is 0 Å². The van der Waals surface area contributed by atoms with E-state index >= 15 is 0 Å². The van der Waals surface area contributed by atoms with E-state index in [0.29, 0.717) is 10.6 Å². The van der Waals surface area contributed by atoms with Crippen molar-refractivity contribution in [1.29, 1.82) is 0 Å². The van der Waals surface area contributed by atoms with Gasteiger partial charge in [-0.05, 0) is 6.07 Å². The van der Waals surface area contributed by atoms with E-state index in [1.54, 1.807) is 18.5 Å². The lowest BCUT2D eigenvalue weighted by Crippen LogP contribution is -1.78. The SMILES string of the molecule is O=CCC#Cc1cnccc1Cl. The Hall–Kier alpha value is -1.33. The predicted molar refractivity (Wildman–Crippen MR) is 46.8 cm³/mol. The zero-order chi connectivity index (χ0) is 8.81. The van der Waals surface area contributed by atoms with Crippen LogP contribution < -0.4 is 0 Å². The molecular weight excluding hydrogens is 174 g/mol. The van der Waals surface area contributed by atoms with Crippen molar-refractivity contribution in [3.8, 4) is 11.8 Å². The molecule has 1 rings (SSSR count). The summed E-state index contributed by atoms with van der Waals surface area (Å²) < 4.78 is 0. The fourth-order valence-corrected chi connectivity index (χ4v) is 0.810. The van der Waals surface area contributed by atoms with Crippen LogP contribution in [-0.2, 0) is 4.79 Å². The lowest BCUT2D eigenvalue weighted by molar-refractivity contribution is -0.107. The molecule has 2 nitrogen and oxygen atoms in total. The molecule has 0 amide bonds. The van der Waals surface area contributed by atoms with Crippen LogP contribution in [0.1, 0.15) is 12.0 Å². The molecule has 0 atom stereocenters. The Labute approximate surface area is 75.6 Å². The van der Waals surface area contributed by atoms with Crippen LogP contribution >= 0.6 is 11.6 Å². The van der Waals surface area contributed by atoms with Crippen molar-refractivity contribution in [3.63, 3.8) is 0 Å². The molecule has 0 aromatic carbocycles.